The number of hydrogen-bond donors (Lipinski definition) is 0. The zero-order valence-corrected chi connectivity index (χ0v) is 17.5. The smallest absolute Gasteiger partial charge is 0.336 e. The number of nitrogens with zero attached hydrogens (tertiary/aromatic N) is 4. The summed E-state index contributed by atoms with van der Waals surface area (Å²) in [5.74, 6) is 1.13. The van der Waals surface area contributed by atoms with Crippen LogP contribution in [0.3, 0.4) is 0 Å². The van der Waals surface area contributed by atoms with Crippen molar-refractivity contribution < 1.29 is 9.15 Å². The summed E-state index contributed by atoms with van der Waals surface area (Å²) in [4.78, 5) is 12.0. The van der Waals surface area contributed by atoms with E-state index in [1.54, 1.807) is 17.9 Å². The van der Waals surface area contributed by atoms with E-state index in [1.165, 1.54) is 17.8 Å². The molecule has 0 saturated heterocycles. The molecule has 0 atom stereocenters. The fourth-order valence-electron chi connectivity index (χ4n) is 3.00. The summed E-state index contributed by atoms with van der Waals surface area (Å²) in [5, 5.41) is 14.0. The Hall–Kier alpha value is -2.84. The van der Waals surface area contributed by atoms with Crippen LogP contribution < -0.4 is 10.4 Å². The van der Waals surface area contributed by atoms with E-state index in [9.17, 15) is 4.79 Å². The molecule has 9 heteroatoms. The number of aromatic nitrogens is 4. The number of methoxy groups -OCH3 is 1. The molecule has 0 aliphatic carbocycles. The molecule has 0 unspecified atom stereocenters. The van der Waals surface area contributed by atoms with E-state index >= 15 is 0 Å². The van der Waals surface area contributed by atoms with Crippen molar-refractivity contribution in [2.75, 3.05) is 7.11 Å². The van der Waals surface area contributed by atoms with Crippen molar-refractivity contribution in [3.8, 4) is 11.4 Å². The highest BCUT2D eigenvalue weighted by Crippen LogP contribution is 2.31. The lowest BCUT2D eigenvalue weighted by atomic mass is 10.1. The Morgan fingerprint density at radius 2 is 2.03 bits per heavy atom. The number of fused-ring (bicyclic) bond motifs is 1. The quantitative estimate of drug-likeness (QED) is 0.345. The molecule has 148 valence electrons. The number of hydrogen-bond acceptors (Lipinski definition) is 7. The van der Waals surface area contributed by atoms with Crippen molar-refractivity contribution in [3.63, 3.8) is 0 Å². The summed E-state index contributed by atoms with van der Waals surface area (Å²) in [7, 11) is 1.60. The highest BCUT2D eigenvalue weighted by molar-refractivity contribution is 7.98. The topological polar surface area (TPSA) is 83.0 Å². The molecule has 0 bridgehead atoms. The normalized spacial score (nSPS) is 11.2. The summed E-state index contributed by atoms with van der Waals surface area (Å²) in [6, 6.07) is 10.9. The standard InChI is InChI=1S/C20H17ClN4O3S/c1-11-4-5-17(27-3)16(6-11)25-20(22-23-24-25)29-10-13-8-19(26)28-18-7-12(2)15(21)9-14(13)18/h4-9H,10H2,1-3H3. The zero-order valence-electron chi connectivity index (χ0n) is 16.0. The number of tetrazole rings is 1. The number of thioether (sulfide) groups is 1. The van der Waals surface area contributed by atoms with Crippen molar-refractivity contribution >= 4 is 34.3 Å². The average Bonchev–Trinajstić information content (AvgIpc) is 3.16. The Labute approximate surface area is 175 Å². The van der Waals surface area contributed by atoms with Gasteiger partial charge in [0, 0.05) is 22.2 Å². The first-order chi connectivity index (χ1) is 14.0. The first-order valence-corrected chi connectivity index (χ1v) is 10.1. The van der Waals surface area contributed by atoms with Crippen molar-refractivity contribution in [3.05, 3.63) is 68.5 Å². The van der Waals surface area contributed by atoms with Gasteiger partial charge < -0.3 is 9.15 Å². The lowest BCUT2D eigenvalue weighted by Crippen LogP contribution is -2.03. The van der Waals surface area contributed by atoms with Crippen LogP contribution in [-0.4, -0.2) is 27.3 Å². The molecule has 0 radical (unpaired) electrons. The molecule has 0 N–H and O–H groups in total. The third-order valence-electron chi connectivity index (χ3n) is 4.47. The Bertz CT molecular complexity index is 1270. The minimum Gasteiger partial charge on any atom is -0.494 e. The van der Waals surface area contributed by atoms with Gasteiger partial charge in [-0.1, -0.05) is 29.4 Å². The van der Waals surface area contributed by atoms with Gasteiger partial charge in [-0.3, -0.25) is 0 Å². The van der Waals surface area contributed by atoms with Crippen LogP contribution in [0.5, 0.6) is 5.75 Å². The van der Waals surface area contributed by atoms with E-state index in [1.807, 2.05) is 38.1 Å². The van der Waals surface area contributed by atoms with Gasteiger partial charge in [0.25, 0.3) is 0 Å². The highest BCUT2D eigenvalue weighted by Gasteiger charge is 2.15. The Balaban J connectivity index is 1.70. The molecular weight excluding hydrogens is 412 g/mol. The molecule has 0 amide bonds. The number of benzene rings is 2. The van der Waals surface area contributed by atoms with Gasteiger partial charge in [-0.2, -0.15) is 4.68 Å². The molecule has 0 aliphatic heterocycles. The van der Waals surface area contributed by atoms with Gasteiger partial charge >= 0.3 is 5.63 Å². The molecule has 4 rings (SSSR count). The van der Waals surface area contributed by atoms with Crippen LogP contribution in [0.1, 0.15) is 16.7 Å². The van der Waals surface area contributed by atoms with Gasteiger partial charge in [-0.05, 0) is 65.2 Å². The Kier molecular flexibility index (Phi) is 5.29. The monoisotopic (exact) mass is 428 g/mol. The van der Waals surface area contributed by atoms with Gasteiger partial charge in [0.15, 0.2) is 0 Å². The Morgan fingerprint density at radius 1 is 1.21 bits per heavy atom. The summed E-state index contributed by atoms with van der Waals surface area (Å²) >= 11 is 7.68. The third kappa shape index (κ3) is 3.86. The number of aryl methyl sites for hydroxylation is 2. The molecule has 2 heterocycles. The second-order valence-electron chi connectivity index (χ2n) is 6.53. The van der Waals surface area contributed by atoms with Gasteiger partial charge in [0.2, 0.25) is 5.16 Å². The number of halogens is 1. The predicted molar refractivity (Wildman–Crippen MR) is 112 cm³/mol. The van der Waals surface area contributed by atoms with E-state index in [0.717, 1.165) is 27.8 Å². The fourth-order valence-corrected chi connectivity index (χ4v) is 4.03. The first kappa shape index (κ1) is 19.5. The molecular formula is C20H17ClN4O3S. The number of ether oxygens (including phenoxy) is 1. The van der Waals surface area contributed by atoms with Crippen molar-refractivity contribution in [1.82, 2.24) is 20.2 Å². The molecule has 0 aliphatic rings. The van der Waals surface area contributed by atoms with Gasteiger partial charge in [-0.15, -0.1) is 5.10 Å². The Morgan fingerprint density at radius 3 is 2.83 bits per heavy atom. The largest absolute Gasteiger partial charge is 0.494 e. The zero-order chi connectivity index (χ0) is 20.5. The SMILES string of the molecule is COc1ccc(C)cc1-n1nnnc1SCc1cc(=O)oc2cc(C)c(Cl)cc12. The van der Waals surface area contributed by atoms with Crippen LogP contribution in [0.4, 0.5) is 0 Å². The summed E-state index contributed by atoms with van der Waals surface area (Å²) in [5.41, 5.74) is 3.56. The molecule has 29 heavy (non-hydrogen) atoms. The summed E-state index contributed by atoms with van der Waals surface area (Å²) in [6.45, 7) is 3.85. The molecule has 4 aromatic rings. The number of rotatable bonds is 5. The molecule has 0 saturated carbocycles. The van der Waals surface area contributed by atoms with E-state index < -0.39 is 5.63 Å². The van der Waals surface area contributed by atoms with Crippen molar-refractivity contribution in [2.45, 2.75) is 24.8 Å². The van der Waals surface area contributed by atoms with E-state index in [-0.39, 0.29) is 0 Å². The van der Waals surface area contributed by atoms with Crippen LogP contribution in [0, 0.1) is 13.8 Å². The minimum atomic E-state index is -0.408. The lowest BCUT2D eigenvalue weighted by molar-refractivity contribution is 0.410. The van der Waals surface area contributed by atoms with Crippen LogP contribution in [0.15, 0.2) is 50.8 Å². The maximum absolute atomic E-state index is 12.0. The highest BCUT2D eigenvalue weighted by atomic mass is 35.5. The molecule has 7 nitrogen and oxygen atoms in total. The maximum Gasteiger partial charge on any atom is 0.336 e. The van der Waals surface area contributed by atoms with Crippen LogP contribution in [-0.2, 0) is 5.75 Å². The average molecular weight is 429 g/mol. The second kappa shape index (κ2) is 7.88. The molecule has 0 spiro atoms. The maximum atomic E-state index is 12.0. The van der Waals surface area contributed by atoms with Gasteiger partial charge in [-0.25, -0.2) is 4.79 Å². The van der Waals surface area contributed by atoms with Crippen LogP contribution in [0.25, 0.3) is 16.7 Å². The molecule has 0 fully saturated rings. The third-order valence-corrected chi connectivity index (χ3v) is 5.84. The minimum absolute atomic E-state index is 0.408. The van der Waals surface area contributed by atoms with Gasteiger partial charge in [0.05, 0.1) is 7.11 Å². The van der Waals surface area contributed by atoms with E-state index in [4.69, 9.17) is 20.8 Å². The lowest BCUT2D eigenvalue weighted by Gasteiger charge is -2.11. The predicted octanol–water partition coefficient (Wildman–Crippen LogP) is 4.34. The van der Waals surface area contributed by atoms with Crippen LogP contribution in [0.2, 0.25) is 5.02 Å². The first-order valence-electron chi connectivity index (χ1n) is 8.75. The van der Waals surface area contributed by atoms with E-state index in [0.29, 0.717) is 27.3 Å². The van der Waals surface area contributed by atoms with Crippen molar-refractivity contribution in [1.29, 1.82) is 0 Å². The summed E-state index contributed by atoms with van der Waals surface area (Å²) in [6.07, 6.45) is 0. The second-order valence-corrected chi connectivity index (χ2v) is 7.88. The summed E-state index contributed by atoms with van der Waals surface area (Å²) < 4.78 is 12.4. The van der Waals surface area contributed by atoms with Gasteiger partial charge in [0.1, 0.15) is 17.0 Å². The van der Waals surface area contributed by atoms with Crippen LogP contribution >= 0.6 is 23.4 Å². The molecule has 2 aromatic heterocycles. The molecule has 2 aromatic carbocycles. The fraction of sp³-hybridized carbons (Fsp3) is 0.200. The van der Waals surface area contributed by atoms with Crippen molar-refractivity contribution in [2.24, 2.45) is 0 Å². The van der Waals surface area contributed by atoms with E-state index in [2.05, 4.69) is 15.5 Å².